The molecule has 1 aliphatic heterocycles. The van der Waals surface area contributed by atoms with Gasteiger partial charge in [-0.05, 0) is 25.7 Å². The smallest absolute Gasteiger partial charge is 0.550 e. The molecule has 0 saturated carbocycles. The summed E-state index contributed by atoms with van der Waals surface area (Å²) in [6.07, 6.45) is -8.48. The Morgan fingerprint density at radius 3 is 2.05 bits per heavy atom. The van der Waals surface area contributed by atoms with Gasteiger partial charge in [0.05, 0.1) is 13.2 Å². The van der Waals surface area contributed by atoms with E-state index in [-0.39, 0.29) is 61.4 Å². The molecule has 0 aliphatic carbocycles. The first-order chi connectivity index (χ1) is 19.5. The Hall–Kier alpha value is -0.460. The number of carboxylic acids is 1. The molecule has 0 spiro atoms. The van der Waals surface area contributed by atoms with Gasteiger partial charge in [0, 0.05) is 25.5 Å². The van der Waals surface area contributed by atoms with Crippen molar-refractivity contribution >= 4 is 11.9 Å². The zero-order chi connectivity index (χ0) is 30.9. The third-order valence-electron chi connectivity index (χ3n) is 7.25. The Balaban J connectivity index is 0.0000168. The number of carbonyl (C=O) groups is 2. The second kappa shape index (κ2) is 23.0. The molecule has 1 rings (SSSR count). The minimum absolute atomic E-state index is 0. The molecule has 0 radical (unpaired) electrons. The molecule has 9 atom stereocenters. The third kappa shape index (κ3) is 14.5. The number of carboxylic acid groups (broad SMARTS) is 1. The summed E-state index contributed by atoms with van der Waals surface area (Å²) in [4.78, 5) is 25.0. The molecule has 0 aromatic rings. The van der Waals surface area contributed by atoms with Gasteiger partial charge in [-0.2, -0.15) is 0 Å². The summed E-state index contributed by atoms with van der Waals surface area (Å²) < 4.78 is 10.7. The van der Waals surface area contributed by atoms with E-state index in [2.05, 4.69) is 6.92 Å². The molecular weight excluding hydrogens is 569 g/mol. The van der Waals surface area contributed by atoms with Gasteiger partial charge < -0.3 is 65.1 Å². The number of aliphatic hydroxyl groups is 8. The van der Waals surface area contributed by atoms with Crippen molar-refractivity contribution in [2.45, 2.75) is 133 Å². The van der Waals surface area contributed by atoms with Crippen molar-refractivity contribution in [1.29, 1.82) is 0 Å². The number of unbranched alkanes of at least 4 members (excludes halogenated alkanes) is 7. The van der Waals surface area contributed by atoms with E-state index in [1.165, 1.54) is 4.90 Å². The van der Waals surface area contributed by atoms with E-state index in [1.54, 1.807) is 0 Å². The molecule has 0 bridgehead atoms. The number of ether oxygens (including phenoxy) is 2. The van der Waals surface area contributed by atoms with Crippen LogP contribution in [0.3, 0.4) is 0 Å². The van der Waals surface area contributed by atoms with Crippen LogP contribution >= 0.6 is 0 Å². The van der Waals surface area contributed by atoms with Crippen molar-refractivity contribution in [3.63, 3.8) is 0 Å². The van der Waals surface area contributed by atoms with Crippen molar-refractivity contribution in [2.75, 3.05) is 26.3 Å². The maximum Gasteiger partial charge on any atom is 1.00 e. The molecule has 14 nitrogen and oxygen atoms in total. The predicted octanol–water partition coefficient (Wildman–Crippen LogP) is -5.86. The number of hydrogen-bond acceptors (Lipinski definition) is 13. The number of amides is 1. The number of aliphatic hydroxyl groups excluding tert-OH is 8. The van der Waals surface area contributed by atoms with E-state index in [1.807, 2.05) is 0 Å². The Morgan fingerprint density at radius 1 is 0.857 bits per heavy atom. The largest absolute Gasteiger partial charge is 1.00 e. The van der Waals surface area contributed by atoms with Gasteiger partial charge in [0.15, 0.2) is 6.29 Å². The molecule has 0 aromatic carbocycles. The quantitative estimate of drug-likeness (QED) is 0.0417. The molecule has 15 heteroatoms. The average Bonchev–Trinajstić information content (AvgIpc) is 2.95. The van der Waals surface area contributed by atoms with E-state index in [0.29, 0.717) is 25.7 Å². The van der Waals surface area contributed by atoms with Crippen LogP contribution in [0, 0.1) is 0 Å². The second-order valence-electron chi connectivity index (χ2n) is 10.6. The Bertz CT molecular complexity index is 734. The average molecular weight is 620 g/mol. The summed E-state index contributed by atoms with van der Waals surface area (Å²) in [6, 6.07) is 0. The zero-order valence-electron chi connectivity index (χ0n) is 24.9. The van der Waals surface area contributed by atoms with Gasteiger partial charge in [-0.25, -0.2) is 0 Å². The summed E-state index contributed by atoms with van der Waals surface area (Å²) in [5.74, 6) is -1.45. The molecule has 1 saturated heterocycles. The van der Waals surface area contributed by atoms with E-state index >= 15 is 0 Å². The first-order valence-electron chi connectivity index (χ1n) is 14.6. The van der Waals surface area contributed by atoms with Crippen molar-refractivity contribution < 1.29 is 94.6 Å². The SMILES string of the molecule is CCCCCCCCC(=O)N(CCCCCC(=O)[O-])C[C@H](O)[C@@H](O)[C@H](O[C@@H]1O[C@H](CO)[C@H](O)[C@H](O)[C@H]1O)[C@H](O)CO.[Na+]. The third-order valence-corrected chi connectivity index (χ3v) is 7.25. The normalized spacial score (nSPS) is 25.2. The van der Waals surface area contributed by atoms with E-state index < -0.39 is 74.3 Å². The van der Waals surface area contributed by atoms with Crippen LogP contribution in [0.1, 0.15) is 77.6 Å². The van der Waals surface area contributed by atoms with Gasteiger partial charge in [-0.1, -0.05) is 45.4 Å². The minimum atomic E-state index is -1.91. The molecule has 1 amide bonds. The predicted molar refractivity (Wildman–Crippen MR) is 142 cm³/mol. The van der Waals surface area contributed by atoms with Crippen LogP contribution < -0.4 is 34.7 Å². The molecule has 0 unspecified atom stereocenters. The van der Waals surface area contributed by atoms with Crippen molar-refractivity contribution in [3.05, 3.63) is 0 Å². The van der Waals surface area contributed by atoms with E-state index in [9.17, 15) is 55.5 Å². The molecule has 1 heterocycles. The van der Waals surface area contributed by atoms with Crippen LogP contribution in [-0.4, -0.2) is 139 Å². The molecule has 242 valence electrons. The van der Waals surface area contributed by atoms with Gasteiger partial charge in [0.25, 0.3) is 0 Å². The molecular formula is C27H50NNaO13. The van der Waals surface area contributed by atoms with Crippen LogP contribution in [0.4, 0.5) is 0 Å². The van der Waals surface area contributed by atoms with Crippen LogP contribution in [0.5, 0.6) is 0 Å². The van der Waals surface area contributed by atoms with Crippen LogP contribution in [0.2, 0.25) is 0 Å². The number of carbonyl (C=O) groups excluding carboxylic acids is 2. The summed E-state index contributed by atoms with van der Waals surface area (Å²) in [5, 5.41) is 91.8. The maximum atomic E-state index is 13.0. The van der Waals surface area contributed by atoms with Gasteiger partial charge in [-0.3, -0.25) is 4.79 Å². The Kier molecular flexibility index (Phi) is 22.7. The van der Waals surface area contributed by atoms with Gasteiger partial charge in [0.1, 0.15) is 48.8 Å². The monoisotopic (exact) mass is 619 g/mol. The van der Waals surface area contributed by atoms with Crippen LogP contribution in [-0.2, 0) is 19.1 Å². The van der Waals surface area contributed by atoms with Crippen LogP contribution in [0.25, 0.3) is 0 Å². The van der Waals surface area contributed by atoms with Gasteiger partial charge in [0.2, 0.25) is 5.91 Å². The minimum Gasteiger partial charge on any atom is -0.550 e. The van der Waals surface area contributed by atoms with Gasteiger partial charge >= 0.3 is 29.6 Å². The fourth-order valence-corrected chi connectivity index (χ4v) is 4.67. The number of rotatable bonds is 22. The first-order valence-corrected chi connectivity index (χ1v) is 14.6. The fourth-order valence-electron chi connectivity index (χ4n) is 4.67. The number of hydrogen-bond donors (Lipinski definition) is 8. The topological polar surface area (TPSA) is 241 Å². The number of nitrogens with zero attached hydrogens (tertiary/aromatic N) is 1. The summed E-state index contributed by atoms with van der Waals surface area (Å²) in [7, 11) is 0. The van der Waals surface area contributed by atoms with Crippen molar-refractivity contribution in [3.8, 4) is 0 Å². The van der Waals surface area contributed by atoms with Crippen LogP contribution in [0.15, 0.2) is 0 Å². The van der Waals surface area contributed by atoms with Crippen molar-refractivity contribution in [2.24, 2.45) is 0 Å². The Morgan fingerprint density at radius 2 is 1.45 bits per heavy atom. The van der Waals surface area contributed by atoms with E-state index in [0.717, 1.165) is 32.1 Å². The van der Waals surface area contributed by atoms with Crippen molar-refractivity contribution in [1.82, 2.24) is 4.90 Å². The molecule has 8 N–H and O–H groups in total. The molecule has 0 aromatic heterocycles. The summed E-state index contributed by atoms with van der Waals surface area (Å²) in [5.41, 5.74) is 0. The number of aliphatic carboxylic acids is 1. The van der Waals surface area contributed by atoms with E-state index in [4.69, 9.17) is 9.47 Å². The zero-order valence-corrected chi connectivity index (χ0v) is 26.9. The fraction of sp³-hybridized carbons (Fsp3) is 0.926. The maximum absolute atomic E-state index is 13.0. The van der Waals surface area contributed by atoms with Gasteiger partial charge in [-0.15, -0.1) is 0 Å². The second-order valence-corrected chi connectivity index (χ2v) is 10.6. The molecule has 1 fully saturated rings. The Labute approximate surface area is 269 Å². The summed E-state index contributed by atoms with van der Waals surface area (Å²) in [6.45, 7) is 0.231. The standard InChI is InChI=1S/C27H51NO13.Na/c1-2-3-4-5-6-8-11-20(33)28(13-10-7-9-12-21(34)35)14-17(31)22(36)26(18(32)15-29)41-27-25(39)24(38)23(37)19(16-30)40-27;/h17-19,22-27,29-32,36-39H,2-16H2,1H3,(H,34,35);/q;+1/p-1/t17-,18+,19+,22+,23-,24-,25+,26+,27-;/m0./s1. The molecule has 42 heavy (non-hydrogen) atoms. The molecule has 1 aliphatic rings. The summed E-state index contributed by atoms with van der Waals surface area (Å²) >= 11 is 0. The first kappa shape index (κ1) is 41.5.